The third-order valence-electron chi connectivity index (χ3n) is 7.67. The second kappa shape index (κ2) is 11.9. The van der Waals surface area contributed by atoms with Gasteiger partial charge < -0.3 is 0 Å². The molecule has 7 rings (SSSR count). The standard InChI is InChI=1S/C40H30N4/c1-27-25-34(26-28(2)41-27)40-43-38(32-17-10-5-11-18-32)42-39(44-40)33-23-21-31(22-24-33)37-35(29-13-6-3-7-14-29)19-12-20-36(37)30-15-8-4-9-16-30/h3-26H,1-2H3. The number of aromatic nitrogens is 4. The van der Waals surface area contributed by atoms with Crippen LogP contribution in [0.15, 0.2) is 146 Å². The number of rotatable bonds is 6. The molecule has 0 aliphatic heterocycles. The molecular formula is C40H30N4. The van der Waals surface area contributed by atoms with Crippen LogP contribution in [-0.2, 0) is 0 Å². The van der Waals surface area contributed by atoms with Crippen molar-refractivity contribution in [1.29, 1.82) is 0 Å². The minimum absolute atomic E-state index is 0.632. The van der Waals surface area contributed by atoms with Gasteiger partial charge in [-0.3, -0.25) is 4.98 Å². The first-order valence-corrected chi connectivity index (χ1v) is 14.7. The fourth-order valence-electron chi connectivity index (χ4n) is 5.68. The van der Waals surface area contributed by atoms with Crippen LogP contribution in [0.1, 0.15) is 11.4 Å². The van der Waals surface area contributed by atoms with Crippen LogP contribution in [0, 0.1) is 13.8 Å². The van der Waals surface area contributed by atoms with E-state index in [9.17, 15) is 0 Å². The summed E-state index contributed by atoms with van der Waals surface area (Å²) in [5, 5.41) is 0. The Balaban J connectivity index is 1.37. The Kier molecular flexibility index (Phi) is 7.31. The molecule has 0 bridgehead atoms. The summed E-state index contributed by atoms with van der Waals surface area (Å²) in [6.45, 7) is 3.98. The van der Waals surface area contributed by atoms with Gasteiger partial charge in [0.1, 0.15) is 0 Å². The van der Waals surface area contributed by atoms with Crippen molar-refractivity contribution in [3.8, 4) is 67.5 Å². The van der Waals surface area contributed by atoms with E-state index >= 15 is 0 Å². The van der Waals surface area contributed by atoms with Crippen molar-refractivity contribution in [3.63, 3.8) is 0 Å². The lowest BCUT2D eigenvalue weighted by molar-refractivity contribution is 1.06. The molecule has 0 aliphatic rings. The molecule has 2 aromatic heterocycles. The van der Waals surface area contributed by atoms with Gasteiger partial charge in [-0.25, -0.2) is 15.0 Å². The molecule has 2 heterocycles. The lowest BCUT2D eigenvalue weighted by Gasteiger charge is -2.17. The van der Waals surface area contributed by atoms with Gasteiger partial charge >= 0.3 is 0 Å². The Labute approximate surface area is 257 Å². The maximum absolute atomic E-state index is 4.96. The zero-order valence-corrected chi connectivity index (χ0v) is 24.6. The van der Waals surface area contributed by atoms with Gasteiger partial charge in [-0.2, -0.15) is 0 Å². The molecule has 0 fully saturated rings. The van der Waals surface area contributed by atoms with Gasteiger partial charge in [-0.05, 0) is 59.4 Å². The van der Waals surface area contributed by atoms with Gasteiger partial charge in [0.05, 0.1) is 0 Å². The van der Waals surface area contributed by atoms with Crippen LogP contribution in [0.5, 0.6) is 0 Å². The smallest absolute Gasteiger partial charge is 0.164 e. The lowest BCUT2D eigenvalue weighted by Crippen LogP contribution is -2.01. The molecule has 0 saturated heterocycles. The van der Waals surface area contributed by atoms with Crippen LogP contribution >= 0.6 is 0 Å². The van der Waals surface area contributed by atoms with Gasteiger partial charge in [-0.1, -0.05) is 133 Å². The summed E-state index contributed by atoms with van der Waals surface area (Å²) in [7, 11) is 0. The lowest BCUT2D eigenvalue weighted by atomic mass is 9.87. The quantitative estimate of drug-likeness (QED) is 0.201. The minimum atomic E-state index is 0.632. The summed E-state index contributed by atoms with van der Waals surface area (Å²) in [4.78, 5) is 19.3. The summed E-state index contributed by atoms with van der Waals surface area (Å²) in [6.07, 6.45) is 0. The molecule has 0 amide bonds. The highest BCUT2D eigenvalue weighted by Gasteiger charge is 2.16. The second-order valence-electron chi connectivity index (χ2n) is 10.8. The molecule has 44 heavy (non-hydrogen) atoms. The van der Waals surface area contributed by atoms with Crippen molar-refractivity contribution in [3.05, 3.63) is 157 Å². The highest BCUT2D eigenvalue weighted by Crippen LogP contribution is 2.40. The molecule has 7 aromatic rings. The van der Waals surface area contributed by atoms with Crippen molar-refractivity contribution in [2.75, 3.05) is 0 Å². The normalized spacial score (nSPS) is 11.0. The van der Waals surface area contributed by atoms with E-state index in [-0.39, 0.29) is 0 Å². The molecule has 0 radical (unpaired) electrons. The molecule has 0 N–H and O–H groups in total. The van der Waals surface area contributed by atoms with E-state index in [0.29, 0.717) is 17.5 Å². The summed E-state index contributed by atoms with van der Waals surface area (Å²) in [6, 6.07) is 50.4. The molecule has 210 valence electrons. The number of benzene rings is 5. The fraction of sp³-hybridized carbons (Fsp3) is 0.0500. The van der Waals surface area contributed by atoms with Gasteiger partial charge in [0, 0.05) is 28.1 Å². The molecule has 4 heteroatoms. The Hall–Kier alpha value is -5.74. The predicted octanol–water partition coefficient (Wildman–Crippen LogP) is 9.89. The van der Waals surface area contributed by atoms with Gasteiger partial charge in [0.15, 0.2) is 17.5 Å². The molecule has 0 atom stereocenters. The Bertz CT molecular complexity index is 1980. The van der Waals surface area contributed by atoms with E-state index < -0.39 is 0 Å². The summed E-state index contributed by atoms with van der Waals surface area (Å²) in [5.41, 5.74) is 11.7. The fourth-order valence-corrected chi connectivity index (χ4v) is 5.68. The third kappa shape index (κ3) is 5.53. The molecule has 4 nitrogen and oxygen atoms in total. The molecule has 0 unspecified atom stereocenters. The minimum Gasteiger partial charge on any atom is -0.258 e. The van der Waals surface area contributed by atoms with Gasteiger partial charge in [0.2, 0.25) is 0 Å². The van der Waals surface area contributed by atoms with Crippen LogP contribution in [0.2, 0.25) is 0 Å². The number of aryl methyl sites for hydroxylation is 2. The van der Waals surface area contributed by atoms with E-state index in [1.54, 1.807) is 0 Å². The molecule has 0 spiro atoms. The van der Waals surface area contributed by atoms with E-state index in [0.717, 1.165) is 33.6 Å². The number of hydrogen-bond acceptors (Lipinski definition) is 4. The van der Waals surface area contributed by atoms with E-state index in [4.69, 9.17) is 15.0 Å². The third-order valence-corrected chi connectivity index (χ3v) is 7.67. The Morgan fingerprint density at radius 3 is 1.18 bits per heavy atom. The monoisotopic (exact) mass is 566 g/mol. The number of nitrogens with zero attached hydrogens (tertiary/aromatic N) is 4. The first kappa shape index (κ1) is 27.1. The summed E-state index contributed by atoms with van der Waals surface area (Å²) in [5.74, 6) is 1.90. The van der Waals surface area contributed by atoms with Crippen LogP contribution in [0.3, 0.4) is 0 Å². The van der Waals surface area contributed by atoms with Gasteiger partial charge in [-0.15, -0.1) is 0 Å². The van der Waals surface area contributed by atoms with Crippen LogP contribution < -0.4 is 0 Å². The van der Waals surface area contributed by atoms with Crippen molar-refractivity contribution >= 4 is 0 Å². The number of pyridine rings is 1. The van der Waals surface area contributed by atoms with E-state index in [2.05, 4.69) is 108 Å². The highest BCUT2D eigenvalue weighted by atomic mass is 15.0. The maximum Gasteiger partial charge on any atom is 0.164 e. The molecule has 5 aromatic carbocycles. The number of hydrogen-bond donors (Lipinski definition) is 0. The van der Waals surface area contributed by atoms with Crippen molar-refractivity contribution in [2.45, 2.75) is 13.8 Å². The van der Waals surface area contributed by atoms with Crippen molar-refractivity contribution < 1.29 is 0 Å². The van der Waals surface area contributed by atoms with Crippen LogP contribution in [0.4, 0.5) is 0 Å². The highest BCUT2D eigenvalue weighted by molar-refractivity contribution is 5.94. The van der Waals surface area contributed by atoms with Crippen molar-refractivity contribution in [2.24, 2.45) is 0 Å². The predicted molar refractivity (Wildman–Crippen MR) is 180 cm³/mol. The summed E-state index contributed by atoms with van der Waals surface area (Å²) < 4.78 is 0. The Morgan fingerprint density at radius 1 is 0.318 bits per heavy atom. The first-order valence-electron chi connectivity index (χ1n) is 14.7. The average Bonchev–Trinajstić information content (AvgIpc) is 3.08. The van der Waals surface area contributed by atoms with E-state index in [1.807, 2.05) is 56.3 Å². The van der Waals surface area contributed by atoms with Crippen LogP contribution in [-0.4, -0.2) is 19.9 Å². The molecular weight excluding hydrogens is 536 g/mol. The zero-order valence-electron chi connectivity index (χ0n) is 24.6. The van der Waals surface area contributed by atoms with Crippen molar-refractivity contribution in [1.82, 2.24) is 19.9 Å². The average molecular weight is 567 g/mol. The topological polar surface area (TPSA) is 51.6 Å². The largest absolute Gasteiger partial charge is 0.258 e. The molecule has 0 saturated carbocycles. The summed E-state index contributed by atoms with van der Waals surface area (Å²) >= 11 is 0. The van der Waals surface area contributed by atoms with Crippen LogP contribution in [0.25, 0.3) is 67.5 Å². The molecule has 0 aliphatic carbocycles. The zero-order chi connectivity index (χ0) is 29.9. The first-order chi connectivity index (χ1) is 21.6. The Morgan fingerprint density at radius 2 is 0.705 bits per heavy atom. The second-order valence-corrected chi connectivity index (χ2v) is 10.8. The SMILES string of the molecule is Cc1cc(-c2nc(-c3ccccc3)nc(-c3ccc(-c4c(-c5ccccc5)cccc4-c4ccccc4)cc3)n2)cc(C)n1. The van der Waals surface area contributed by atoms with E-state index in [1.165, 1.54) is 27.8 Å². The maximum atomic E-state index is 4.96. The van der Waals surface area contributed by atoms with Gasteiger partial charge in [0.25, 0.3) is 0 Å².